The van der Waals surface area contributed by atoms with E-state index in [1.54, 1.807) is 0 Å². The van der Waals surface area contributed by atoms with Crippen molar-refractivity contribution in [3.63, 3.8) is 0 Å². The Hall–Kier alpha value is -3.64. The molecule has 9 atom stereocenters. The Balaban J connectivity index is 1.33. The van der Waals surface area contributed by atoms with E-state index in [4.69, 9.17) is 43.0 Å². The number of nitrogens with two attached hydrogens (primary N) is 1. The first-order valence-electron chi connectivity index (χ1n) is 17.1. The highest BCUT2D eigenvalue weighted by Crippen LogP contribution is 2.64. The van der Waals surface area contributed by atoms with Crippen molar-refractivity contribution in [2.24, 2.45) is 0 Å². The molecule has 6 heterocycles. The fourth-order valence-corrected chi connectivity index (χ4v) is 9.26. The highest BCUT2D eigenvalue weighted by atomic mass is 32.7. The molecule has 308 valence electrons. The Kier molecular flexibility index (Phi) is 13.7. The maximum atomic E-state index is 16.7. The predicted octanol–water partition coefficient (Wildman–Crippen LogP) is 3.75. The maximum absolute atomic E-state index is 16.7. The number of nitrogen functional groups attached to an aromatic ring is 1. The number of hydrogen-bond acceptors (Lipinski definition) is 19. The van der Waals surface area contributed by atoms with Gasteiger partial charge in [-0.3, -0.25) is 27.5 Å². The molecule has 0 bridgehead atoms. The number of hydrogen-bond donors (Lipinski definition) is 3. The Morgan fingerprint density at radius 2 is 1.77 bits per heavy atom. The molecule has 6 rings (SSSR count). The van der Waals surface area contributed by atoms with Gasteiger partial charge in [-0.15, -0.1) is 0 Å². The van der Waals surface area contributed by atoms with Gasteiger partial charge in [-0.2, -0.15) is 0 Å². The van der Waals surface area contributed by atoms with Crippen molar-refractivity contribution in [1.82, 2.24) is 39.0 Å². The van der Waals surface area contributed by atoms with Crippen molar-refractivity contribution < 1.29 is 64.9 Å². The number of halogens is 2. The van der Waals surface area contributed by atoms with Gasteiger partial charge in [0, 0.05) is 18.5 Å². The van der Waals surface area contributed by atoms with Crippen LogP contribution < -0.4 is 11.3 Å². The monoisotopic (exact) mass is 853 g/mol. The van der Waals surface area contributed by atoms with Crippen molar-refractivity contribution in [1.29, 1.82) is 0 Å². The first-order valence-corrected chi connectivity index (χ1v) is 22.0. The van der Waals surface area contributed by atoms with Gasteiger partial charge >= 0.3 is 20.5 Å². The summed E-state index contributed by atoms with van der Waals surface area (Å²) < 4.78 is 107. The van der Waals surface area contributed by atoms with Crippen molar-refractivity contribution in [3.05, 3.63) is 35.7 Å². The zero-order valence-electron chi connectivity index (χ0n) is 29.8. The zero-order valence-corrected chi connectivity index (χ0v) is 32.4. The molecule has 56 heavy (non-hydrogen) atoms. The Morgan fingerprint density at radius 3 is 2.54 bits per heavy atom. The number of H-pyrrole nitrogens is 1. The first-order chi connectivity index (χ1) is 26.8. The van der Waals surface area contributed by atoms with Gasteiger partial charge in [-0.1, -0.05) is 26.2 Å². The summed E-state index contributed by atoms with van der Waals surface area (Å²) in [6, 6.07) is 0. The van der Waals surface area contributed by atoms with Gasteiger partial charge in [-0.05, 0) is 6.42 Å². The van der Waals surface area contributed by atoms with E-state index < -0.39 is 94.7 Å². The summed E-state index contributed by atoms with van der Waals surface area (Å²) in [7, 11) is -3.69. The maximum Gasteiger partial charge on any atom is 0.509 e. The number of aromatic nitrogens is 8. The predicted molar refractivity (Wildman–Crippen MR) is 191 cm³/mol. The van der Waals surface area contributed by atoms with E-state index in [1.165, 1.54) is 10.9 Å². The Bertz CT molecular complexity index is 2130. The Labute approximate surface area is 319 Å². The third kappa shape index (κ3) is 9.55. The van der Waals surface area contributed by atoms with Crippen LogP contribution in [0, 0.1) is 0 Å². The van der Waals surface area contributed by atoms with Crippen LogP contribution in [0.4, 0.5) is 19.4 Å². The van der Waals surface area contributed by atoms with Crippen molar-refractivity contribution in [2.45, 2.75) is 75.7 Å². The Morgan fingerprint density at radius 1 is 1.02 bits per heavy atom. The fourth-order valence-electron chi connectivity index (χ4n) is 5.76. The quantitative estimate of drug-likeness (QED) is 0.0838. The molecule has 0 aromatic carbocycles. The van der Waals surface area contributed by atoms with E-state index in [2.05, 4.69) is 29.9 Å². The zero-order chi connectivity index (χ0) is 40.0. The average molecular weight is 854 g/mol. The van der Waals surface area contributed by atoms with Gasteiger partial charge in [0.2, 0.25) is 0 Å². The molecule has 0 spiro atoms. The second-order valence-electron chi connectivity index (χ2n) is 12.3. The van der Waals surface area contributed by atoms with Crippen LogP contribution in [0.3, 0.4) is 0 Å². The van der Waals surface area contributed by atoms with Gasteiger partial charge in [0.15, 0.2) is 53.4 Å². The molecule has 4 aromatic rings. The number of aromatic amines is 1. The lowest BCUT2D eigenvalue weighted by molar-refractivity contribution is -0.0799. The van der Waals surface area contributed by atoms with Crippen LogP contribution in [0.15, 0.2) is 30.1 Å². The third-order valence-corrected chi connectivity index (χ3v) is 13.0. The minimum absolute atomic E-state index is 0.00278. The number of anilines is 1. The van der Waals surface area contributed by atoms with Gasteiger partial charge in [0.1, 0.15) is 36.5 Å². The second-order valence-corrected chi connectivity index (χ2v) is 18.1. The SMILES string of the molecule is CCCCCCOC(=O)OCSP1(=O)OC[C@H]2O[C@@H](n3cnc4c(N)ncnc43)[C@H](F)[C@@H]2OCP(=O)(O)OC[C@@H](OC)[C@@H](F)[C@H](n2cnc3c(=O)[nH]cnc32)O1. The number of fused-ring (bicyclic) bond motifs is 3. The number of alkyl halides is 2. The second kappa shape index (κ2) is 18.3. The fraction of sp³-hybridized carbons (Fsp3) is 0.621. The summed E-state index contributed by atoms with van der Waals surface area (Å²) in [6.45, 7) is -4.43. The van der Waals surface area contributed by atoms with Crippen LogP contribution in [-0.4, -0.2) is 120 Å². The number of nitrogens with zero attached hydrogens (tertiary/aromatic N) is 7. The molecule has 4 N–H and O–H groups in total. The first kappa shape index (κ1) is 42.0. The normalized spacial score (nSPS) is 30.6. The van der Waals surface area contributed by atoms with E-state index in [1.807, 2.05) is 6.92 Å². The standard InChI is InChI=1S/C29H39F2N9O13P2S/c1-3-4-5-6-7-47-29(42)49-15-56-55(45)51-9-17-22(19(31)27(52-17)39-12-37-20-23(32)33-10-34-24(20)39)48-14-54(43,44)50-8-16(46-2)18(30)28(53-55)40-13-38-21-25(40)35-11-36-26(21)41/h10-13,16-19,22,27-28H,3-9,14-15H2,1-2H3,(H,43,44)(H2,32,33,34)(H,35,36,41)/t16-,17-,18-,19-,22-,27-,28-,55?/m1/s1. The van der Waals surface area contributed by atoms with Crippen LogP contribution in [0.2, 0.25) is 0 Å². The summed E-state index contributed by atoms with van der Waals surface area (Å²) in [6.07, 6.45) is -7.60. The number of carbonyl (C=O) groups excluding carboxylic acids is 1. The average Bonchev–Trinajstić information content (AvgIpc) is 3.88. The lowest BCUT2D eigenvalue weighted by Crippen LogP contribution is -2.38. The molecule has 0 amide bonds. The van der Waals surface area contributed by atoms with Crippen LogP contribution >= 0.6 is 25.8 Å². The number of carbonyl (C=O) groups is 1. The molecule has 2 fully saturated rings. The van der Waals surface area contributed by atoms with Gasteiger partial charge in [0.25, 0.3) is 5.56 Å². The van der Waals surface area contributed by atoms with Crippen molar-refractivity contribution in [3.8, 4) is 0 Å². The minimum Gasteiger partial charge on any atom is -0.434 e. The largest absolute Gasteiger partial charge is 0.509 e. The summed E-state index contributed by atoms with van der Waals surface area (Å²) in [5.74, 6) is -0.707. The van der Waals surface area contributed by atoms with Crippen molar-refractivity contribution >= 4 is 60.1 Å². The molecule has 2 unspecified atom stereocenters. The number of ether oxygens (including phenoxy) is 5. The van der Waals surface area contributed by atoms with Gasteiger partial charge in [-0.25, -0.2) is 43.1 Å². The van der Waals surface area contributed by atoms with Crippen molar-refractivity contribution in [2.75, 3.05) is 45.0 Å². The molecule has 27 heteroatoms. The van der Waals surface area contributed by atoms with Gasteiger partial charge in [0.05, 0.1) is 38.8 Å². The number of rotatable bonds is 11. The van der Waals surface area contributed by atoms with Gasteiger partial charge < -0.3 is 43.8 Å². The lowest BCUT2D eigenvalue weighted by Gasteiger charge is -2.32. The minimum atomic E-state index is -4.80. The highest BCUT2D eigenvalue weighted by molar-refractivity contribution is 8.55. The third-order valence-electron chi connectivity index (χ3n) is 8.61. The highest BCUT2D eigenvalue weighted by Gasteiger charge is 2.50. The number of nitrogens with one attached hydrogen (secondary N) is 1. The van der Waals surface area contributed by atoms with E-state index in [0.717, 1.165) is 49.9 Å². The van der Waals surface area contributed by atoms with E-state index in [0.29, 0.717) is 17.8 Å². The summed E-state index contributed by atoms with van der Waals surface area (Å²) >= 11 is 0.299. The topological polar surface area (TPSA) is 278 Å². The molecule has 4 aromatic heterocycles. The summed E-state index contributed by atoms with van der Waals surface area (Å²) in [4.78, 5) is 57.9. The summed E-state index contributed by atoms with van der Waals surface area (Å²) in [5, 5.41) is 0. The molecule has 0 saturated carbocycles. The molecule has 0 radical (unpaired) electrons. The van der Waals surface area contributed by atoms with E-state index >= 15 is 8.78 Å². The molecule has 2 aliphatic rings. The summed E-state index contributed by atoms with van der Waals surface area (Å²) in [5.41, 5.74) is 4.93. The molecular formula is C29H39F2N9O13P2S. The van der Waals surface area contributed by atoms with Crippen LogP contribution in [0.1, 0.15) is 45.1 Å². The molecule has 2 aliphatic heterocycles. The van der Waals surface area contributed by atoms with Crippen LogP contribution in [0.5, 0.6) is 0 Å². The van der Waals surface area contributed by atoms with Crippen LogP contribution in [0.25, 0.3) is 22.3 Å². The number of unbranched alkanes of at least 4 members (excludes halogenated alkanes) is 3. The van der Waals surface area contributed by atoms with E-state index in [9.17, 15) is 23.6 Å². The smallest absolute Gasteiger partial charge is 0.434 e. The lowest BCUT2D eigenvalue weighted by atomic mass is 10.1. The molecule has 0 aliphatic carbocycles. The molecule has 2 saturated heterocycles. The number of imidazole rings is 2. The van der Waals surface area contributed by atoms with Crippen LogP contribution in [-0.2, 0) is 46.4 Å². The van der Waals surface area contributed by atoms with E-state index in [-0.39, 0.29) is 34.8 Å². The number of methoxy groups -OCH3 is 1. The molecular weight excluding hydrogens is 814 g/mol. The molecule has 22 nitrogen and oxygen atoms in total.